The number of nitrogens with one attached hydrogen (secondary N) is 1. The summed E-state index contributed by atoms with van der Waals surface area (Å²) in [5.41, 5.74) is 5.30. The molecule has 4 heteroatoms. The summed E-state index contributed by atoms with van der Waals surface area (Å²) in [5, 5.41) is 0. The van der Waals surface area contributed by atoms with E-state index in [1.807, 2.05) is 66.7 Å². The first kappa shape index (κ1) is 19.3. The molecule has 2 atom stereocenters. The quantitative estimate of drug-likeness (QED) is 0.467. The Labute approximate surface area is 150 Å². The molecule has 4 nitrogen and oxygen atoms in total. The summed E-state index contributed by atoms with van der Waals surface area (Å²) >= 11 is 0. The first-order valence-corrected chi connectivity index (χ1v) is 8.51. The summed E-state index contributed by atoms with van der Waals surface area (Å²) in [5.74, 6) is 0. The van der Waals surface area contributed by atoms with Gasteiger partial charge in [-0.3, -0.25) is 4.84 Å². The highest BCUT2D eigenvalue weighted by molar-refractivity contribution is 5.17. The topological polar surface area (TPSA) is 39.7 Å². The van der Waals surface area contributed by atoms with Crippen molar-refractivity contribution in [2.45, 2.75) is 25.2 Å². The van der Waals surface area contributed by atoms with Crippen LogP contribution in [0.2, 0.25) is 0 Å². The van der Waals surface area contributed by atoms with Gasteiger partial charge in [-0.05, 0) is 17.5 Å². The highest BCUT2D eigenvalue weighted by atomic mass is 16.6. The van der Waals surface area contributed by atoms with Crippen molar-refractivity contribution >= 4 is 0 Å². The van der Waals surface area contributed by atoms with Gasteiger partial charge in [0, 0.05) is 7.11 Å². The molecular formula is C21H27NO3. The van der Waals surface area contributed by atoms with Crippen LogP contribution >= 0.6 is 0 Å². The lowest BCUT2D eigenvalue weighted by Gasteiger charge is -2.22. The monoisotopic (exact) mass is 341 g/mol. The molecule has 0 saturated carbocycles. The minimum Gasteiger partial charge on any atom is -0.382 e. The molecule has 25 heavy (non-hydrogen) atoms. The van der Waals surface area contributed by atoms with Crippen molar-refractivity contribution in [2.75, 3.05) is 20.3 Å². The maximum atomic E-state index is 6.07. The number of hydroxylamine groups is 1. The zero-order valence-corrected chi connectivity index (χ0v) is 14.8. The Morgan fingerprint density at radius 3 is 2.32 bits per heavy atom. The summed E-state index contributed by atoms with van der Waals surface area (Å²) in [6.07, 6.45) is 2.51. The normalized spacial score (nSPS) is 13.3. The Morgan fingerprint density at radius 2 is 1.68 bits per heavy atom. The number of hydrogen-bond acceptors (Lipinski definition) is 4. The third-order valence-electron chi connectivity index (χ3n) is 3.77. The molecule has 2 aromatic carbocycles. The Kier molecular flexibility index (Phi) is 8.94. The lowest BCUT2D eigenvalue weighted by atomic mass is 10.1. The minimum absolute atomic E-state index is 0.0317. The summed E-state index contributed by atoms with van der Waals surface area (Å²) in [6.45, 7) is 5.33. The van der Waals surface area contributed by atoms with Gasteiger partial charge in [-0.25, -0.2) is 0 Å². The zero-order chi connectivity index (χ0) is 17.7. The van der Waals surface area contributed by atoms with E-state index in [9.17, 15) is 0 Å². The maximum absolute atomic E-state index is 6.07. The second-order valence-corrected chi connectivity index (χ2v) is 5.80. The molecule has 0 aliphatic carbocycles. The van der Waals surface area contributed by atoms with Crippen molar-refractivity contribution in [1.82, 2.24) is 5.48 Å². The van der Waals surface area contributed by atoms with Gasteiger partial charge < -0.3 is 9.47 Å². The lowest BCUT2D eigenvalue weighted by molar-refractivity contribution is -0.0531. The van der Waals surface area contributed by atoms with E-state index in [4.69, 9.17) is 14.3 Å². The maximum Gasteiger partial charge on any atom is 0.106 e. The second-order valence-electron chi connectivity index (χ2n) is 5.80. The first-order chi connectivity index (χ1) is 12.3. The van der Waals surface area contributed by atoms with E-state index >= 15 is 0 Å². The molecule has 0 aliphatic heterocycles. The average molecular weight is 341 g/mol. The van der Waals surface area contributed by atoms with Crippen molar-refractivity contribution in [3.63, 3.8) is 0 Å². The van der Waals surface area contributed by atoms with Gasteiger partial charge in [0.25, 0.3) is 0 Å². The van der Waals surface area contributed by atoms with Gasteiger partial charge in [-0.1, -0.05) is 66.7 Å². The summed E-state index contributed by atoms with van der Waals surface area (Å²) in [6, 6.07) is 20.2. The molecule has 2 rings (SSSR count). The predicted octanol–water partition coefficient (Wildman–Crippen LogP) is 4.06. The van der Waals surface area contributed by atoms with E-state index in [1.165, 1.54) is 0 Å². The Balaban J connectivity index is 1.83. The van der Waals surface area contributed by atoms with Gasteiger partial charge >= 0.3 is 0 Å². The molecule has 0 radical (unpaired) electrons. The Hall–Kier alpha value is -1.98. The van der Waals surface area contributed by atoms with Gasteiger partial charge in [-0.2, -0.15) is 5.48 Å². The molecule has 1 N–H and O–H groups in total. The van der Waals surface area contributed by atoms with Crippen LogP contribution in [0.25, 0.3) is 0 Å². The number of rotatable bonds is 12. The molecule has 0 heterocycles. The van der Waals surface area contributed by atoms with E-state index in [0.717, 1.165) is 17.5 Å². The molecule has 0 aromatic heterocycles. The largest absolute Gasteiger partial charge is 0.382 e. The van der Waals surface area contributed by atoms with Crippen LogP contribution in [-0.2, 0) is 20.9 Å². The average Bonchev–Trinajstić information content (AvgIpc) is 2.66. The highest BCUT2D eigenvalue weighted by Gasteiger charge is 2.15. The zero-order valence-electron chi connectivity index (χ0n) is 14.8. The molecule has 0 unspecified atom stereocenters. The van der Waals surface area contributed by atoms with Crippen molar-refractivity contribution in [3.05, 3.63) is 84.4 Å². The molecule has 0 bridgehead atoms. The molecule has 2 aromatic rings. The molecular weight excluding hydrogens is 314 g/mol. The van der Waals surface area contributed by atoms with Crippen molar-refractivity contribution in [3.8, 4) is 0 Å². The van der Waals surface area contributed by atoms with Crippen molar-refractivity contribution in [2.24, 2.45) is 0 Å². The van der Waals surface area contributed by atoms with Crippen LogP contribution < -0.4 is 5.48 Å². The van der Waals surface area contributed by atoms with Crippen LogP contribution in [0, 0.1) is 0 Å². The fourth-order valence-electron chi connectivity index (χ4n) is 2.46. The molecule has 0 fully saturated rings. The van der Waals surface area contributed by atoms with Gasteiger partial charge in [0.2, 0.25) is 0 Å². The number of methoxy groups -OCH3 is 1. The van der Waals surface area contributed by atoms with Gasteiger partial charge in [0.05, 0.1) is 25.9 Å². The number of benzene rings is 2. The van der Waals surface area contributed by atoms with Crippen LogP contribution in [0.5, 0.6) is 0 Å². The third kappa shape index (κ3) is 7.20. The summed E-state index contributed by atoms with van der Waals surface area (Å²) in [7, 11) is 1.68. The molecule has 0 amide bonds. The van der Waals surface area contributed by atoms with E-state index in [1.54, 1.807) is 7.11 Å². The fraction of sp³-hybridized carbons (Fsp3) is 0.333. The number of hydrogen-bond donors (Lipinski definition) is 1. The fourth-order valence-corrected chi connectivity index (χ4v) is 2.46. The molecule has 134 valence electrons. The SMILES string of the molecule is C=CC[C@@H](CO[C@H](COC)c1ccccc1)NOCc1ccccc1. The van der Waals surface area contributed by atoms with Gasteiger partial charge in [0.15, 0.2) is 0 Å². The summed E-state index contributed by atoms with van der Waals surface area (Å²) < 4.78 is 11.4. The van der Waals surface area contributed by atoms with Gasteiger partial charge in [0.1, 0.15) is 6.10 Å². The third-order valence-corrected chi connectivity index (χ3v) is 3.77. The van der Waals surface area contributed by atoms with Crippen LogP contribution in [0.1, 0.15) is 23.7 Å². The van der Waals surface area contributed by atoms with Crippen LogP contribution in [0.4, 0.5) is 0 Å². The van der Waals surface area contributed by atoms with Crippen LogP contribution in [-0.4, -0.2) is 26.4 Å². The number of ether oxygens (including phenoxy) is 2. The second kappa shape index (κ2) is 11.6. The smallest absolute Gasteiger partial charge is 0.106 e. The van der Waals surface area contributed by atoms with Crippen LogP contribution in [0.3, 0.4) is 0 Å². The molecule has 0 saturated heterocycles. The van der Waals surface area contributed by atoms with E-state index in [0.29, 0.717) is 19.8 Å². The minimum atomic E-state index is -0.102. The first-order valence-electron chi connectivity index (χ1n) is 8.51. The van der Waals surface area contributed by atoms with Crippen molar-refractivity contribution < 1.29 is 14.3 Å². The van der Waals surface area contributed by atoms with Crippen molar-refractivity contribution in [1.29, 1.82) is 0 Å². The summed E-state index contributed by atoms with van der Waals surface area (Å²) in [4.78, 5) is 5.62. The Bertz CT molecular complexity index is 589. The van der Waals surface area contributed by atoms with E-state index < -0.39 is 0 Å². The lowest BCUT2D eigenvalue weighted by Crippen LogP contribution is -2.34. The highest BCUT2D eigenvalue weighted by Crippen LogP contribution is 2.18. The predicted molar refractivity (Wildman–Crippen MR) is 100.0 cm³/mol. The van der Waals surface area contributed by atoms with Crippen LogP contribution in [0.15, 0.2) is 73.3 Å². The molecule has 0 spiro atoms. The van der Waals surface area contributed by atoms with Gasteiger partial charge in [-0.15, -0.1) is 6.58 Å². The Morgan fingerprint density at radius 1 is 1.00 bits per heavy atom. The standard InChI is InChI=1S/C21H27NO3/c1-3-10-20(22-25-15-18-11-6-4-7-12-18)16-24-21(17-23-2)19-13-8-5-9-14-19/h3-9,11-14,20-22H,1,10,15-17H2,2H3/t20-,21+/m0/s1. The van der Waals surface area contributed by atoms with E-state index in [2.05, 4.69) is 12.1 Å². The van der Waals surface area contributed by atoms with E-state index in [-0.39, 0.29) is 12.1 Å². The molecule has 0 aliphatic rings.